The van der Waals surface area contributed by atoms with Crippen LogP contribution in [0, 0.1) is 0 Å². The number of hydrogen-bond donors (Lipinski definition) is 2. The summed E-state index contributed by atoms with van der Waals surface area (Å²) in [6.45, 7) is 8.19. The van der Waals surface area contributed by atoms with Gasteiger partial charge in [0.15, 0.2) is 0 Å². The Bertz CT molecular complexity index is 672. The molecule has 0 fully saturated rings. The number of nitrogens with one attached hydrogen (secondary N) is 1. The fourth-order valence-corrected chi connectivity index (χ4v) is 2.03. The van der Waals surface area contributed by atoms with Crippen molar-refractivity contribution in [3.8, 4) is 17.1 Å². The molecule has 2 aromatic rings. The predicted octanol–water partition coefficient (Wildman–Crippen LogP) is 3.39. The van der Waals surface area contributed by atoms with Crippen LogP contribution in [0.1, 0.15) is 50.7 Å². The Kier molecular flexibility index (Phi) is 3.93. The molecule has 0 spiro atoms. The van der Waals surface area contributed by atoms with Gasteiger partial charge in [0.25, 0.3) is 5.56 Å². The number of H-pyrrole nitrogens is 1. The van der Waals surface area contributed by atoms with Gasteiger partial charge < -0.3 is 10.1 Å². The molecule has 4 nitrogen and oxygen atoms in total. The van der Waals surface area contributed by atoms with E-state index >= 15 is 0 Å². The first kappa shape index (κ1) is 14.3. The summed E-state index contributed by atoms with van der Waals surface area (Å²) in [6.07, 6.45) is 1.72. The number of hydrogen-bond acceptors (Lipinski definition) is 3. The quantitative estimate of drug-likeness (QED) is 0.900. The molecule has 20 heavy (non-hydrogen) atoms. The largest absolute Gasteiger partial charge is 0.493 e. The highest BCUT2D eigenvalue weighted by Gasteiger charge is 2.12. The van der Waals surface area contributed by atoms with Crippen molar-refractivity contribution in [3.63, 3.8) is 0 Å². The number of nitrogens with zero attached hydrogens (tertiary/aromatic N) is 1. The summed E-state index contributed by atoms with van der Waals surface area (Å²) >= 11 is 0. The van der Waals surface area contributed by atoms with Crippen molar-refractivity contribution >= 4 is 0 Å². The zero-order chi connectivity index (χ0) is 14.9. The third-order valence-corrected chi connectivity index (χ3v) is 3.37. The summed E-state index contributed by atoms with van der Waals surface area (Å²) < 4.78 is 0. The summed E-state index contributed by atoms with van der Waals surface area (Å²) in [5, 5.41) is 9.75. The summed E-state index contributed by atoms with van der Waals surface area (Å²) in [5.41, 5.74) is 2.81. The minimum atomic E-state index is -0.192. The zero-order valence-electron chi connectivity index (χ0n) is 12.3. The van der Waals surface area contributed by atoms with E-state index in [4.69, 9.17) is 0 Å². The van der Waals surface area contributed by atoms with Crippen molar-refractivity contribution in [2.45, 2.75) is 39.5 Å². The van der Waals surface area contributed by atoms with Gasteiger partial charge in [0.05, 0.1) is 11.3 Å². The summed E-state index contributed by atoms with van der Waals surface area (Å²) in [4.78, 5) is 18.8. The van der Waals surface area contributed by atoms with E-state index in [1.165, 1.54) is 0 Å². The summed E-state index contributed by atoms with van der Waals surface area (Å²) in [5.74, 6) is 0.517. The molecule has 106 valence electrons. The maximum atomic E-state index is 12.0. The molecular weight excluding hydrogens is 252 g/mol. The van der Waals surface area contributed by atoms with Gasteiger partial charge in [0.1, 0.15) is 0 Å². The first-order valence-electron chi connectivity index (χ1n) is 6.82. The van der Waals surface area contributed by atoms with Crippen LogP contribution in [-0.2, 0) is 0 Å². The van der Waals surface area contributed by atoms with E-state index in [0.29, 0.717) is 17.2 Å². The van der Waals surface area contributed by atoms with Crippen molar-refractivity contribution in [2.24, 2.45) is 0 Å². The Morgan fingerprint density at radius 3 is 2.30 bits per heavy atom. The maximum Gasteiger partial charge on any atom is 0.257 e. The van der Waals surface area contributed by atoms with Gasteiger partial charge in [-0.25, -0.2) is 4.98 Å². The van der Waals surface area contributed by atoms with Crippen molar-refractivity contribution in [3.05, 3.63) is 45.9 Å². The average molecular weight is 272 g/mol. The fraction of sp³-hybridized carbons (Fsp3) is 0.375. The molecule has 0 bridgehead atoms. The minimum Gasteiger partial charge on any atom is -0.493 e. The van der Waals surface area contributed by atoms with Crippen LogP contribution in [0.3, 0.4) is 0 Å². The Morgan fingerprint density at radius 1 is 1.05 bits per heavy atom. The molecule has 0 aliphatic heterocycles. The molecule has 0 radical (unpaired) electrons. The van der Waals surface area contributed by atoms with Gasteiger partial charge in [-0.15, -0.1) is 0 Å². The third-order valence-electron chi connectivity index (χ3n) is 3.37. The molecule has 2 aromatic heterocycles. The molecule has 2 heterocycles. The number of aromatic hydroxyl groups is 1. The maximum absolute atomic E-state index is 12.0. The molecule has 2 N–H and O–H groups in total. The molecule has 0 unspecified atom stereocenters. The lowest BCUT2D eigenvalue weighted by molar-refractivity contribution is 0.453. The summed E-state index contributed by atoms with van der Waals surface area (Å²) in [6, 6.07) is 5.34. The second-order valence-electron chi connectivity index (χ2n) is 5.63. The second-order valence-corrected chi connectivity index (χ2v) is 5.63. The second kappa shape index (κ2) is 5.49. The SMILES string of the molecule is CC(C)c1cc(O)nc(-c2cc(C(C)C)c[nH]c2=O)c1. The van der Waals surface area contributed by atoms with E-state index in [9.17, 15) is 9.90 Å². The Labute approximate surface area is 118 Å². The number of aromatic amines is 1. The van der Waals surface area contributed by atoms with Gasteiger partial charge >= 0.3 is 0 Å². The predicted molar refractivity (Wildman–Crippen MR) is 80.1 cm³/mol. The number of pyridine rings is 2. The van der Waals surface area contributed by atoms with E-state index < -0.39 is 0 Å². The molecule has 4 heteroatoms. The van der Waals surface area contributed by atoms with Crippen molar-refractivity contribution in [1.29, 1.82) is 0 Å². The van der Waals surface area contributed by atoms with Crippen molar-refractivity contribution in [1.82, 2.24) is 9.97 Å². The highest BCUT2D eigenvalue weighted by atomic mass is 16.3. The molecular formula is C16H20N2O2. The topological polar surface area (TPSA) is 66.0 Å². The van der Waals surface area contributed by atoms with Crippen molar-refractivity contribution in [2.75, 3.05) is 0 Å². The van der Waals surface area contributed by atoms with E-state index in [1.54, 1.807) is 12.3 Å². The van der Waals surface area contributed by atoms with Gasteiger partial charge in [0, 0.05) is 12.3 Å². The lowest BCUT2D eigenvalue weighted by atomic mass is 9.99. The van der Waals surface area contributed by atoms with E-state index in [-0.39, 0.29) is 17.4 Å². The first-order chi connectivity index (χ1) is 9.38. The smallest absolute Gasteiger partial charge is 0.257 e. The van der Waals surface area contributed by atoms with Crippen LogP contribution in [0.5, 0.6) is 5.88 Å². The summed E-state index contributed by atoms with van der Waals surface area (Å²) in [7, 11) is 0. The molecule has 0 saturated heterocycles. The molecule has 0 aliphatic rings. The standard InChI is InChI=1S/C16H20N2O2/c1-9(2)11-6-14(18-15(19)7-11)13-5-12(10(3)4)8-17-16(13)20/h5-10H,1-4H3,(H,17,20)(H,18,19). The van der Waals surface area contributed by atoms with Crippen LogP contribution in [0.25, 0.3) is 11.3 Å². The number of rotatable bonds is 3. The number of aromatic nitrogens is 2. The van der Waals surface area contributed by atoms with Crippen LogP contribution >= 0.6 is 0 Å². The molecule has 2 rings (SSSR count). The van der Waals surface area contributed by atoms with E-state index in [2.05, 4.69) is 23.8 Å². The minimum absolute atomic E-state index is 0.0550. The van der Waals surface area contributed by atoms with Gasteiger partial charge in [-0.05, 0) is 35.1 Å². The third kappa shape index (κ3) is 2.90. The van der Waals surface area contributed by atoms with E-state index in [1.807, 2.05) is 26.0 Å². The van der Waals surface area contributed by atoms with Crippen LogP contribution < -0.4 is 5.56 Å². The average Bonchev–Trinajstić information content (AvgIpc) is 2.38. The van der Waals surface area contributed by atoms with Gasteiger partial charge in [0.2, 0.25) is 5.88 Å². The van der Waals surface area contributed by atoms with Gasteiger partial charge in [-0.3, -0.25) is 4.79 Å². The van der Waals surface area contributed by atoms with Crippen molar-refractivity contribution < 1.29 is 5.11 Å². The van der Waals surface area contributed by atoms with Crippen LogP contribution in [0.15, 0.2) is 29.2 Å². The van der Waals surface area contributed by atoms with Gasteiger partial charge in [-0.2, -0.15) is 0 Å². The molecule has 0 atom stereocenters. The highest BCUT2D eigenvalue weighted by Crippen LogP contribution is 2.25. The van der Waals surface area contributed by atoms with Gasteiger partial charge in [-0.1, -0.05) is 27.7 Å². The Balaban J connectivity index is 2.61. The lowest BCUT2D eigenvalue weighted by Gasteiger charge is -2.10. The molecule has 0 aliphatic carbocycles. The van der Waals surface area contributed by atoms with Crippen LogP contribution in [-0.4, -0.2) is 15.1 Å². The van der Waals surface area contributed by atoms with Crippen LogP contribution in [0.2, 0.25) is 0 Å². The fourth-order valence-electron chi connectivity index (χ4n) is 2.03. The Hall–Kier alpha value is -2.10. The molecule has 0 saturated carbocycles. The lowest BCUT2D eigenvalue weighted by Crippen LogP contribution is -2.11. The molecule has 0 aromatic carbocycles. The first-order valence-corrected chi connectivity index (χ1v) is 6.82. The molecule has 0 amide bonds. The Morgan fingerprint density at radius 2 is 1.70 bits per heavy atom. The van der Waals surface area contributed by atoms with Crippen LogP contribution in [0.4, 0.5) is 0 Å². The normalized spacial score (nSPS) is 11.3. The van der Waals surface area contributed by atoms with E-state index in [0.717, 1.165) is 11.1 Å². The highest BCUT2D eigenvalue weighted by molar-refractivity contribution is 5.60. The monoisotopic (exact) mass is 272 g/mol. The zero-order valence-corrected chi connectivity index (χ0v) is 12.3.